The molecular formula is C15H19BrN4O2. The first kappa shape index (κ1) is 16.7. The Labute approximate surface area is 138 Å². The molecule has 1 aliphatic rings. The second-order valence-electron chi connectivity index (χ2n) is 5.27. The summed E-state index contributed by atoms with van der Waals surface area (Å²) in [5.74, 6) is 0.416. The molecule has 1 fully saturated rings. The van der Waals surface area contributed by atoms with Crippen LogP contribution in [0.1, 0.15) is 44.2 Å². The van der Waals surface area contributed by atoms with Gasteiger partial charge in [0, 0.05) is 30.2 Å². The van der Waals surface area contributed by atoms with Crippen molar-refractivity contribution in [1.82, 2.24) is 15.3 Å². The van der Waals surface area contributed by atoms with Crippen LogP contribution in [0.2, 0.25) is 0 Å². The average Bonchev–Trinajstić information content (AvgIpc) is 2.55. The summed E-state index contributed by atoms with van der Waals surface area (Å²) in [6.45, 7) is 0. The highest BCUT2D eigenvalue weighted by molar-refractivity contribution is 9.09. The molecule has 0 bridgehead atoms. The van der Waals surface area contributed by atoms with E-state index in [1.165, 1.54) is 12.4 Å². The number of alkyl halides is 1. The van der Waals surface area contributed by atoms with Gasteiger partial charge in [-0.1, -0.05) is 15.9 Å². The fourth-order valence-corrected chi connectivity index (χ4v) is 2.78. The van der Waals surface area contributed by atoms with Crippen LogP contribution in [0.3, 0.4) is 0 Å². The maximum atomic E-state index is 11.7. The summed E-state index contributed by atoms with van der Waals surface area (Å²) in [6, 6.07) is 2.20. The van der Waals surface area contributed by atoms with Crippen LogP contribution in [-0.4, -0.2) is 33.4 Å². The van der Waals surface area contributed by atoms with Crippen molar-refractivity contribution in [1.29, 1.82) is 5.26 Å². The minimum absolute atomic E-state index is 0.0273. The normalized spacial score (nSPS) is 20.9. The van der Waals surface area contributed by atoms with E-state index >= 15 is 0 Å². The maximum absolute atomic E-state index is 11.7. The molecule has 0 spiro atoms. The zero-order valence-electron chi connectivity index (χ0n) is 12.3. The molecule has 0 saturated heterocycles. The number of carbonyl (C=O) groups is 1. The van der Waals surface area contributed by atoms with Crippen LogP contribution in [-0.2, 0) is 4.79 Å². The van der Waals surface area contributed by atoms with Crippen LogP contribution >= 0.6 is 15.9 Å². The van der Waals surface area contributed by atoms with Crippen LogP contribution < -0.4 is 10.1 Å². The SMILES string of the molecule is N#Cc1nccnc1OC1CCC(NC(=O)CCCBr)CC1. The Morgan fingerprint density at radius 3 is 2.77 bits per heavy atom. The molecule has 1 heterocycles. The summed E-state index contributed by atoms with van der Waals surface area (Å²) in [7, 11) is 0. The number of hydrogen-bond acceptors (Lipinski definition) is 5. The molecule has 0 aliphatic heterocycles. The molecule has 7 heteroatoms. The van der Waals surface area contributed by atoms with E-state index in [0.29, 0.717) is 12.3 Å². The van der Waals surface area contributed by atoms with E-state index in [0.717, 1.165) is 37.4 Å². The number of halogens is 1. The number of aromatic nitrogens is 2. The molecule has 1 aromatic heterocycles. The molecule has 0 radical (unpaired) electrons. The highest BCUT2D eigenvalue weighted by atomic mass is 79.9. The summed E-state index contributed by atoms with van der Waals surface area (Å²) >= 11 is 3.32. The lowest BCUT2D eigenvalue weighted by atomic mass is 9.93. The van der Waals surface area contributed by atoms with Crippen LogP contribution in [0.5, 0.6) is 5.88 Å². The zero-order valence-corrected chi connectivity index (χ0v) is 13.9. The third-order valence-corrected chi connectivity index (χ3v) is 4.19. The van der Waals surface area contributed by atoms with Gasteiger partial charge in [0.1, 0.15) is 12.2 Å². The molecule has 0 atom stereocenters. The molecule has 1 N–H and O–H groups in total. The van der Waals surface area contributed by atoms with Crippen LogP contribution in [0.15, 0.2) is 12.4 Å². The van der Waals surface area contributed by atoms with Crippen molar-refractivity contribution in [2.45, 2.75) is 50.7 Å². The van der Waals surface area contributed by atoms with Crippen molar-refractivity contribution in [3.63, 3.8) is 0 Å². The van der Waals surface area contributed by atoms with Crippen LogP contribution in [0, 0.1) is 11.3 Å². The number of nitrogens with zero attached hydrogens (tertiary/aromatic N) is 3. The van der Waals surface area contributed by atoms with Gasteiger partial charge < -0.3 is 10.1 Å². The molecule has 1 saturated carbocycles. The Kier molecular flexibility index (Phi) is 6.59. The first-order valence-corrected chi connectivity index (χ1v) is 8.58. The van der Waals surface area contributed by atoms with Gasteiger partial charge in [0.2, 0.25) is 11.6 Å². The molecule has 118 valence electrons. The summed E-state index contributed by atoms with van der Waals surface area (Å²) in [5, 5.41) is 12.9. The van der Waals surface area contributed by atoms with Gasteiger partial charge in [0.25, 0.3) is 5.88 Å². The quantitative estimate of drug-likeness (QED) is 0.780. The van der Waals surface area contributed by atoms with E-state index in [4.69, 9.17) is 10.00 Å². The van der Waals surface area contributed by atoms with Crippen molar-refractivity contribution < 1.29 is 9.53 Å². The van der Waals surface area contributed by atoms with Gasteiger partial charge in [-0.05, 0) is 32.1 Å². The Hall–Kier alpha value is -1.68. The van der Waals surface area contributed by atoms with Crippen molar-refractivity contribution in [2.24, 2.45) is 0 Å². The Morgan fingerprint density at radius 1 is 1.36 bits per heavy atom. The van der Waals surface area contributed by atoms with E-state index in [-0.39, 0.29) is 23.7 Å². The molecular weight excluding hydrogens is 348 g/mol. The van der Waals surface area contributed by atoms with Crippen molar-refractivity contribution in [2.75, 3.05) is 5.33 Å². The molecule has 6 nitrogen and oxygen atoms in total. The Bertz CT molecular complexity index is 539. The van der Waals surface area contributed by atoms with Crippen LogP contribution in [0.4, 0.5) is 0 Å². The van der Waals surface area contributed by atoms with Gasteiger partial charge in [-0.15, -0.1) is 0 Å². The Morgan fingerprint density at radius 2 is 2.09 bits per heavy atom. The van der Waals surface area contributed by atoms with Gasteiger partial charge in [0.15, 0.2) is 0 Å². The second kappa shape index (κ2) is 8.69. The second-order valence-corrected chi connectivity index (χ2v) is 6.07. The molecule has 0 aromatic carbocycles. The standard InChI is InChI=1S/C15H19BrN4O2/c16-7-1-2-14(21)20-11-3-5-12(6-4-11)22-15-13(10-17)18-8-9-19-15/h8-9,11-12H,1-7H2,(H,20,21). The monoisotopic (exact) mass is 366 g/mol. The number of nitrogens with one attached hydrogen (secondary N) is 1. The lowest BCUT2D eigenvalue weighted by Crippen LogP contribution is -2.39. The van der Waals surface area contributed by atoms with Gasteiger partial charge in [-0.2, -0.15) is 5.26 Å². The average molecular weight is 367 g/mol. The van der Waals surface area contributed by atoms with E-state index in [1.54, 1.807) is 0 Å². The van der Waals surface area contributed by atoms with E-state index in [1.807, 2.05) is 6.07 Å². The number of nitriles is 1. The molecule has 1 amide bonds. The third kappa shape index (κ3) is 4.95. The van der Waals surface area contributed by atoms with Gasteiger partial charge in [-0.3, -0.25) is 4.79 Å². The van der Waals surface area contributed by atoms with Crippen LogP contribution in [0.25, 0.3) is 0 Å². The topological polar surface area (TPSA) is 87.9 Å². The summed E-state index contributed by atoms with van der Waals surface area (Å²) in [4.78, 5) is 19.7. The Balaban J connectivity index is 1.78. The van der Waals surface area contributed by atoms with Gasteiger partial charge in [-0.25, -0.2) is 9.97 Å². The third-order valence-electron chi connectivity index (χ3n) is 3.63. The van der Waals surface area contributed by atoms with Crippen molar-refractivity contribution in [3.05, 3.63) is 18.1 Å². The highest BCUT2D eigenvalue weighted by Crippen LogP contribution is 2.24. The summed E-state index contributed by atoms with van der Waals surface area (Å²) in [6.07, 6.45) is 7.88. The van der Waals surface area contributed by atoms with Gasteiger partial charge >= 0.3 is 0 Å². The molecule has 0 unspecified atom stereocenters. The van der Waals surface area contributed by atoms with E-state index in [9.17, 15) is 4.79 Å². The predicted octanol–water partition coefficient (Wildman–Crippen LogP) is 2.33. The van der Waals surface area contributed by atoms with Crippen molar-refractivity contribution in [3.8, 4) is 11.9 Å². The fraction of sp³-hybridized carbons (Fsp3) is 0.600. The number of amides is 1. The summed E-state index contributed by atoms with van der Waals surface area (Å²) in [5.41, 5.74) is 0.215. The first-order valence-electron chi connectivity index (χ1n) is 7.46. The molecule has 1 aromatic rings. The van der Waals surface area contributed by atoms with E-state index < -0.39 is 0 Å². The van der Waals surface area contributed by atoms with E-state index in [2.05, 4.69) is 31.2 Å². The molecule has 22 heavy (non-hydrogen) atoms. The minimum Gasteiger partial charge on any atom is -0.472 e. The van der Waals surface area contributed by atoms with Crippen molar-refractivity contribution >= 4 is 21.8 Å². The zero-order chi connectivity index (χ0) is 15.8. The number of rotatable bonds is 6. The smallest absolute Gasteiger partial charge is 0.251 e. The first-order chi connectivity index (χ1) is 10.7. The number of carbonyl (C=O) groups excluding carboxylic acids is 1. The molecule has 2 rings (SSSR count). The number of ether oxygens (including phenoxy) is 1. The van der Waals surface area contributed by atoms with Gasteiger partial charge in [0.05, 0.1) is 0 Å². The predicted molar refractivity (Wildman–Crippen MR) is 84.6 cm³/mol. The lowest BCUT2D eigenvalue weighted by molar-refractivity contribution is -0.122. The summed E-state index contributed by atoms with van der Waals surface area (Å²) < 4.78 is 5.78. The minimum atomic E-state index is 0.0273. The number of hydrogen-bond donors (Lipinski definition) is 1. The highest BCUT2D eigenvalue weighted by Gasteiger charge is 2.24. The largest absolute Gasteiger partial charge is 0.472 e. The lowest BCUT2D eigenvalue weighted by Gasteiger charge is -2.29. The molecule has 1 aliphatic carbocycles. The maximum Gasteiger partial charge on any atom is 0.251 e. The fourth-order valence-electron chi connectivity index (χ4n) is 2.50.